The summed E-state index contributed by atoms with van der Waals surface area (Å²) in [7, 11) is 1.37. The highest BCUT2D eigenvalue weighted by Gasteiger charge is 2.13. The molecule has 1 heterocycles. The van der Waals surface area contributed by atoms with Crippen LogP contribution in [0.2, 0.25) is 0 Å². The van der Waals surface area contributed by atoms with Gasteiger partial charge in [0, 0.05) is 16.8 Å². The Morgan fingerprint density at radius 2 is 2.16 bits per heavy atom. The molecule has 0 aliphatic heterocycles. The molecule has 0 amide bonds. The van der Waals surface area contributed by atoms with Crippen LogP contribution < -0.4 is 5.56 Å². The first kappa shape index (κ1) is 13.7. The van der Waals surface area contributed by atoms with Gasteiger partial charge in [0.25, 0.3) is 5.56 Å². The number of rotatable bonds is 4. The maximum absolute atomic E-state index is 11.9. The average Bonchev–Trinajstić information content (AvgIpc) is 2.44. The number of H-pyrrole nitrogens is 1. The van der Waals surface area contributed by atoms with Gasteiger partial charge >= 0.3 is 5.97 Å². The summed E-state index contributed by atoms with van der Waals surface area (Å²) in [5, 5.41) is 1.34. The van der Waals surface area contributed by atoms with Crippen LogP contribution >= 0.6 is 11.8 Å². The first-order valence-corrected chi connectivity index (χ1v) is 6.97. The summed E-state index contributed by atoms with van der Waals surface area (Å²) in [4.78, 5) is 26.0. The van der Waals surface area contributed by atoms with Crippen LogP contribution in [0, 0.1) is 0 Å². The maximum Gasteiger partial charge on any atom is 0.318 e. The summed E-state index contributed by atoms with van der Waals surface area (Å²) in [6.45, 7) is 1.79. The quantitative estimate of drug-likeness (QED) is 0.871. The van der Waals surface area contributed by atoms with Gasteiger partial charge < -0.3 is 9.72 Å². The molecule has 4 nitrogen and oxygen atoms in total. The fourth-order valence-corrected chi connectivity index (χ4v) is 2.61. The lowest BCUT2D eigenvalue weighted by atomic mass is 10.1. The molecule has 2 aromatic rings. The van der Waals surface area contributed by atoms with Crippen LogP contribution in [-0.4, -0.2) is 23.3 Å². The van der Waals surface area contributed by atoms with Crippen molar-refractivity contribution in [3.63, 3.8) is 0 Å². The third-order valence-corrected chi connectivity index (χ3v) is 4.00. The second-order valence-corrected chi connectivity index (χ2v) is 5.52. The number of esters is 1. The minimum absolute atomic E-state index is 0.0978. The molecule has 1 N–H and O–H groups in total. The van der Waals surface area contributed by atoms with Crippen LogP contribution in [0.4, 0.5) is 0 Å². The minimum Gasteiger partial charge on any atom is -0.468 e. The molecule has 5 heteroatoms. The number of hydrogen-bond donors (Lipinski definition) is 1. The third-order valence-electron chi connectivity index (χ3n) is 2.83. The fourth-order valence-electron chi connectivity index (χ4n) is 1.79. The Balaban J connectivity index is 2.18. The number of carbonyl (C=O) groups excluding carboxylic acids is 1. The SMILES string of the molecule is COC(=O)C(C)SCc1cc2ccccc2c(=O)[nH]1. The van der Waals surface area contributed by atoms with Gasteiger partial charge in [-0.15, -0.1) is 11.8 Å². The van der Waals surface area contributed by atoms with Crippen LogP contribution in [-0.2, 0) is 15.3 Å². The van der Waals surface area contributed by atoms with E-state index in [4.69, 9.17) is 0 Å². The van der Waals surface area contributed by atoms with Crippen molar-refractivity contribution >= 4 is 28.5 Å². The second kappa shape index (κ2) is 5.93. The summed E-state index contributed by atoms with van der Waals surface area (Å²) >= 11 is 1.43. The van der Waals surface area contributed by atoms with E-state index in [1.807, 2.05) is 24.3 Å². The molecule has 19 heavy (non-hydrogen) atoms. The summed E-state index contributed by atoms with van der Waals surface area (Å²) in [6, 6.07) is 9.37. The summed E-state index contributed by atoms with van der Waals surface area (Å²) in [5.41, 5.74) is 0.712. The van der Waals surface area contributed by atoms with Crippen molar-refractivity contribution in [3.8, 4) is 0 Å². The van der Waals surface area contributed by atoms with Crippen molar-refractivity contribution in [1.29, 1.82) is 0 Å². The van der Waals surface area contributed by atoms with Crippen molar-refractivity contribution in [2.75, 3.05) is 7.11 Å². The first-order valence-electron chi connectivity index (χ1n) is 5.92. The predicted molar refractivity (Wildman–Crippen MR) is 77.3 cm³/mol. The highest BCUT2D eigenvalue weighted by Crippen LogP contribution is 2.19. The van der Waals surface area contributed by atoms with Crippen molar-refractivity contribution in [2.24, 2.45) is 0 Å². The monoisotopic (exact) mass is 277 g/mol. The molecule has 1 atom stereocenters. The molecule has 0 bridgehead atoms. The van der Waals surface area contributed by atoms with E-state index < -0.39 is 0 Å². The van der Waals surface area contributed by atoms with Gasteiger partial charge in [0.1, 0.15) is 0 Å². The molecule has 0 radical (unpaired) electrons. The van der Waals surface area contributed by atoms with E-state index in [1.165, 1.54) is 18.9 Å². The zero-order valence-electron chi connectivity index (χ0n) is 10.8. The Labute approximate surface area is 115 Å². The smallest absolute Gasteiger partial charge is 0.318 e. The first-order chi connectivity index (χ1) is 9.11. The number of pyridine rings is 1. The topological polar surface area (TPSA) is 59.2 Å². The molecule has 0 spiro atoms. The number of aromatic nitrogens is 1. The second-order valence-electron chi connectivity index (χ2n) is 4.19. The van der Waals surface area contributed by atoms with Gasteiger partial charge in [-0.3, -0.25) is 9.59 Å². The average molecular weight is 277 g/mol. The molecular weight excluding hydrogens is 262 g/mol. The van der Waals surface area contributed by atoms with Crippen LogP contribution in [0.25, 0.3) is 10.8 Å². The number of carbonyl (C=O) groups is 1. The van der Waals surface area contributed by atoms with Gasteiger partial charge in [-0.1, -0.05) is 18.2 Å². The lowest BCUT2D eigenvalue weighted by Gasteiger charge is -2.09. The van der Waals surface area contributed by atoms with E-state index in [2.05, 4.69) is 9.72 Å². The number of methoxy groups -OCH3 is 1. The molecule has 1 aromatic heterocycles. The number of benzene rings is 1. The number of ether oxygens (including phenoxy) is 1. The molecule has 2 rings (SSSR count). The molecule has 0 saturated carbocycles. The van der Waals surface area contributed by atoms with Crippen LogP contribution in [0.5, 0.6) is 0 Å². The lowest BCUT2D eigenvalue weighted by molar-refractivity contribution is -0.139. The van der Waals surface area contributed by atoms with E-state index >= 15 is 0 Å². The number of fused-ring (bicyclic) bond motifs is 1. The summed E-state index contributed by atoms with van der Waals surface area (Å²) in [5.74, 6) is 0.309. The number of hydrogen-bond acceptors (Lipinski definition) is 4. The highest BCUT2D eigenvalue weighted by molar-refractivity contribution is 7.99. The zero-order valence-corrected chi connectivity index (χ0v) is 11.6. The van der Waals surface area contributed by atoms with Gasteiger partial charge in [-0.25, -0.2) is 0 Å². The number of aromatic amines is 1. The van der Waals surface area contributed by atoms with E-state index in [1.54, 1.807) is 13.0 Å². The van der Waals surface area contributed by atoms with Crippen molar-refractivity contribution in [1.82, 2.24) is 4.98 Å². The van der Waals surface area contributed by atoms with Crippen molar-refractivity contribution < 1.29 is 9.53 Å². The summed E-state index contributed by atoms with van der Waals surface area (Å²) < 4.78 is 4.66. The Hall–Kier alpha value is -1.75. The molecule has 0 fully saturated rings. The van der Waals surface area contributed by atoms with E-state index in [0.29, 0.717) is 11.1 Å². The largest absolute Gasteiger partial charge is 0.468 e. The van der Waals surface area contributed by atoms with Gasteiger partial charge in [0.05, 0.1) is 12.4 Å². The van der Waals surface area contributed by atoms with Gasteiger partial charge in [-0.05, 0) is 24.4 Å². The molecule has 0 aliphatic carbocycles. The third kappa shape index (κ3) is 3.17. The molecule has 0 aliphatic rings. The van der Waals surface area contributed by atoms with Crippen molar-refractivity contribution in [2.45, 2.75) is 17.9 Å². The molecule has 0 saturated heterocycles. The van der Waals surface area contributed by atoms with Gasteiger partial charge in [0.15, 0.2) is 0 Å². The van der Waals surface area contributed by atoms with E-state index in [9.17, 15) is 9.59 Å². The summed E-state index contributed by atoms with van der Waals surface area (Å²) in [6.07, 6.45) is 0. The predicted octanol–water partition coefficient (Wildman–Crippen LogP) is 2.32. The van der Waals surface area contributed by atoms with Crippen LogP contribution in [0.1, 0.15) is 12.6 Å². The molecular formula is C14H15NO3S. The van der Waals surface area contributed by atoms with Crippen LogP contribution in [0.15, 0.2) is 35.1 Å². The maximum atomic E-state index is 11.9. The molecule has 1 aromatic carbocycles. The Bertz CT molecular complexity index is 650. The Kier molecular flexibility index (Phi) is 4.27. The Morgan fingerprint density at radius 3 is 2.89 bits per heavy atom. The van der Waals surface area contributed by atoms with E-state index in [-0.39, 0.29) is 16.8 Å². The van der Waals surface area contributed by atoms with Crippen LogP contribution in [0.3, 0.4) is 0 Å². The fraction of sp³-hybridized carbons (Fsp3) is 0.286. The van der Waals surface area contributed by atoms with Gasteiger partial charge in [0.2, 0.25) is 0 Å². The van der Waals surface area contributed by atoms with Gasteiger partial charge in [-0.2, -0.15) is 0 Å². The Morgan fingerprint density at radius 1 is 1.42 bits per heavy atom. The van der Waals surface area contributed by atoms with Crippen molar-refractivity contribution in [3.05, 3.63) is 46.4 Å². The zero-order chi connectivity index (χ0) is 13.8. The normalized spacial score (nSPS) is 12.3. The number of thioether (sulfide) groups is 1. The number of nitrogens with one attached hydrogen (secondary N) is 1. The minimum atomic E-state index is -0.256. The van der Waals surface area contributed by atoms with E-state index in [0.717, 1.165) is 11.1 Å². The molecule has 100 valence electrons. The standard InChI is InChI=1S/C14H15NO3S/c1-9(14(17)18-2)19-8-11-7-10-5-3-4-6-12(10)13(16)15-11/h3-7,9H,8H2,1-2H3,(H,15,16). The molecule has 1 unspecified atom stereocenters. The highest BCUT2D eigenvalue weighted by atomic mass is 32.2. The lowest BCUT2D eigenvalue weighted by Crippen LogP contribution is -2.15.